The average Bonchev–Trinajstić information content (AvgIpc) is 3.11. The minimum Gasteiger partial charge on any atom is -0.0776 e. The lowest BCUT2D eigenvalue weighted by molar-refractivity contribution is 0.504. The number of rotatable bonds is 0. The van der Waals surface area contributed by atoms with Crippen LogP contribution in [0.2, 0.25) is 0 Å². The van der Waals surface area contributed by atoms with Crippen LogP contribution in [0.3, 0.4) is 0 Å². The van der Waals surface area contributed by atoms with Crippen molar-refractivity contribution >= 4 is 0 Å². The van der Waals surface area contributed by atoms with Gasteiger partial charge in [0.2, 0.25) is 0 Å². The predicted octanol–water partition coefficient (Wildman–Crippen LogP) is 32.0. The maximum absolute atomic E-state index is 2.00. The highest BCUT2D eigenvalue weighted by Crippen LogP contribution is 2.18. The first kappa shape index (κ1) is 128. The summed E-state index contributed by atoms with van der Waals surface area (Å²) < 4.78 is 0. The highest BCUT2D eigenvalue weighted by Gasteiger charge is 1.98. The van der Waals surface area contributed by atoms with Gasteiger partial charge in [-0.3, -0.25) is 0 Å². The van der Waals surface area contributed by atoms with Crippen molar-refractivity contribution in [3.8, 4) is 0 Å². The van der Waals surface area contributed by atoms with Crippen molar-refractivity contribution in [2.24, 2.45) is 0 Å². The Balaban J connectivity index is -0.0000000230. The Hall–Kier alpha value is 0. The van der Waals surface area contributed by atoms with E-state index in [0.29, 0.717) is 0 Å². The van der Waals surface area contributed by atoms with Crippen molar-refractivity contribution in [2.45, 2.75) is 469 Å². The van der Waals surface area contributed by atoms with Crippen LogP contribution in [0.1, 0.15) is 469 Å². The van der Waals surface area contributed by atoms with Crippen molar-refractivity contribution in [2.75, 3.05) is 0 Å². The average molecular weight is 1020 g/mol. The molecule has 10 saturated carbocycles. The van der Waals surface area contributed by atoms with E-state index in [0.717, 1.165) is 0 Å². The monoisotopic (exact) mass is 1020 g/mol. The third kappa shape index (κ3) is 191. The Morgan fingerprint density at radius 1 is 0.0714 bits per heavy atom. The molecule has 0 aliphatic heterocycles. The zero-order valence-electron chi connectivity index (χ0n) is 50.3. The van der Waals surface area contributed by atoms with Gasteiger partial charge in [0.25, 0.3) is 0 Å². The van der Waals surface area contributed by atoms with E-state index in [9.17, 15) is 0 Å². The van der Waals surface area contributed by atoms with Gasteiger partial charge in [0.05, 0.1) is 0 Å². The highest BCUT2D eigenvalue weighted by atomic mass is 14.0. The molecule has 0 amide bonds. The molecule has 0 aromatic heterocycles. The van der Waals surface area contributed by atoms with Gasteiger partial charge >= 0.3 is 0 Å². The molecule has 0 bridgehead atoms. The second-order valence-corrected chi connectivity index (χ2v) is 14.1. The minimum absolute atomic E-state index is 0. The fourth-order valence-electron chi connectivity index (χ4n) is 2.50. The Morgan fingerprint density at radius 3 is 0.0857 bits per heavy atom. The predicted molar refractivity (Wildman–Crippen MR) is 363 cm³/mol. The maximum atomic E-state index is 2.00. The van der Waals surface area contributed by atoms with Crippen LogP contribution >= 0.6 is 0 Å². The normalized spacial score (nSPS) is 14.7. The van der Waals surface area contributed by atoms with Gasteiger partial charge in [-0.25, -0.2) is 0 Å². The SMILES string of the molecule is C.C.C.C.C.C.C.C.C1CCC1.C1CCC1.C1CCC1.C1CCC1.C1CCC1.C1CCC1.C1CCC1.C1CCC1.C1CCC1.C1CCC1.CC.CC.CC.CC.CC.CC.CC.CC.CC.CC.CC. The molecular weight excluding hydrogens is 841 g/mol. The first-order chi connectivity index (χ1) is 31.0. The van der Waals surface area contributed by atoms with E-state index >= 15 is 0 Å². The van der Waals surface area contributed by atoms with E-state index in [1.165, 1.54) is 257 Å². The molecule has 0 spiro atoms. The Kier molecular flexibility index (Phi) is 365. The molecular formula is C70H178. The Morgan fingerprint density at radius 2 is 0.0857 bits per heavy atom. The summed E-state index contributed by atoms with van der Waals surface area (Å²) in [4.78, 5) is 0. The summed E-state index contributed by atoms with van der Waals surface area (Å²) in [5.41, 5.74) is 0. The zero-order valence-corrected chi connectivity index (χ0v) is 50.3. The summed E-state index contributed by atoms with van der Waals surface area (Å²) in [6, 6.07) is 0. The summed E-state index contributed by atoms with van der Waals surface area (Å²) in [5.74, 6) is 0. The molecule has 10 rings (SSSR count). The van der Waals surface area contributed by atoms with E-state index < -0.39 is 0 Å². The van der Waals surface area contributed by atoms with Crippen molar-refractivity contribution in [3.63, 3.8) is 0 Å². The lowest BCUT2D eigenvalue weighted by atomic mass is 10.0. The molecule has 70 heavy (non-hydrogen) atoms. The van der Waals surface area contributed by atoms with Gasteiger partial charge in [0.1, 0.15) is 0 Å². The molecule has 10 aliphatic carbocycles. The first-order valence-electron chi connectivity index (χ1n) is 31.0. The molecule has 0 atom stereocenters. The summed E-state index contributed by atoms with van der Waals surface area (Å²) in [6.45, 7) is 44.0. The highest BCUT2D eigenvalue weighted by molar-refractivity contribution is 4.54. The molecule has 0 nitrogen and oxygen atoms in total. The standard InChI is InChI=1S/10C4H8.11C2H6.8CH4/c10*1-2-4-3-1;11*1-2;;;;;;;;/h10*1-4H2;11*1-2H3;8*1H4. The van der Waals surface area contributed by atoms with Crippen LogP contribution < -0.4 is 0 Å². The van der Waals surface area contributed by atoms with Gasteiger partial charge in [0.15, 0.2) is 0 Å². The van der Waals surface area contributed by atoms with Gasteiger partial charge in [-0.15, -0.1) is 0 Å². The van der Waals surface area contributed by atoms with Crippen molar-refractivity contribution in [3.05, 3.63) is 0 Å². The van der Waals surface area contributed by atoms with E-state index in [1.54, 1.807) is 0 Å². The molecule has 10 fully saturated rings. The summed E-state index contributed by atoms with van der Waals surface area (Å²) >= 11 is 0. The van der Waals surface area contributed by atoms with Gasteiger partial charge < -0.3 is 0 Å². The molecule has 0 saturated heterocycles. The van der Waals surface area contributed by atoms with Crippen molar-refractivity contribution in [1.82, 2.24) is 0 Å². The summed E-state index contributed by atoms with van der Waals surface area (Å²) in [6.07, 6.45) is 60.0. The van der Waals surface area contributed by atoms with Gasteiger partial charge in [0, 0.05) is 0 Å². The molecule has 458 valence electrons. The molecule has 10 aliphatic rings. The van der Waals surface area contributed by atoms with Crippen LogP contribution in [0.4, 0.5) is 0 Å². The largest absolute Gasteiger partial charge is 0.0776 e. The van der Waals surface area contributed by atoms with Crippen molar-refractivity contribution < 1.29 is 0 Å². The zero-order chi connectivity index (χ0) is 50.3. The molecule has 0 heterocycles. The third-order valence-electron chi connectivity index (χ3n) is 10.00. The van der Waals surface area contributed by atoms with E-state index in [4.69, 9.17) is 0 Å². The van der Waals surface area contributed by atoms with Crippen LogP contribution in [-0.4, -0.2) is 0 Å². The molecule has 0 N–H and O–H groups in total. The van der Waals surface area contributed by atoms with E-state index in [2.05, 4.69) is 0 Å². The lowest BCUT2D eigenvalue weighted by Crippen LogP contribution is -1.85. The van der Waals surface area contributed by atoms with Gasteiger partial charge in [-0.2, -0.15) is 0 Å². The fraction of sp³-hybridized carbons (Fsp3) is 1.00. The van der Waals surface area contributed by atoms with Crippen LogP contribution in [0.15, 0.2) is 0 Å². The van der Waals surface area contributed by atoms with Crippen LogP contribution in [0.25, 0.3) is 0 Å². The second kappa shape index (κ2) is 199. The third-order valence-corrected chi connectivity index (χ3v) is 10.00. The van der Waals surface area contributed by atoms with Gasteiger partial charge in [-0.05, 0) is 0 Å². The first-order valence-corrected chi connectivity index (χ1v) is 31.0. The van der Waals surface area contributed by atoms with E-state index in [-0.39, 0.29) is 59.4 Å². The molecule has 0 aromatic rings. The molecule has 0 unspecified atom stereocenters. The topological polar surface area (TPSA) is 0 Å². The lowest BCUT2D eigenvalue weighted by Gasteiger charge is -2.05. The fourth-order valence-corrected chi connectivity index (χ4v) is 2.50. The van der Waals surface area contributed by atoms with Gasteiger partial charge in [-0.1, -0.05) is 469 Å². The quantitative estimate of drug-likeness (QED) is 0.227. The Bertz CT molecular complexity index is 213. The number of hydrogen-bond donors (Lipinski definition) is 0. The smallest absolute Gasteiger partial charge is 0.0533 e. The summed E-state index contributed by atoms with van der Waals surface area (Å²) in [5, 5.41) is 0. The molecule has 0 heteroatoms. The second-order valence-electron chi connectivity index (χ2n) is 14.1. The van der Waals surface area contributed by atoms with Crippen LogP contribution in [-0.2, 0) is 0 Å². The van der Waals surface area contributed by atoms with Crippen molar-refractivity contribution in [1.29, 1.82) is 0 Å². The minimum atomic E-state index is 0. The number of hydrogen-bond acceptors (Lipinski definition) is 0. The molecule has 0 aromatic carbocycles. The van der Waals surface area contributed by atoms with E-state index in [1.807, 2.05) is 152 Å². The van der Waals surface area contributed by atoms with Crippen LogP contribution in [0, 0.1) is 0 Å². The van der Waals surface area contributed by atoms with Crippen LogP contribution in [0.5, 0.6) is 0 Å². The maximum Gasteiger partial charge on any atom is -0.0533 e. The summed E-state index contributed by atoms with van der Waals surface area (Å²) in [7, 11) is 0. The molecule has 0 radical (unpaired) electrons. The Labute approximate surface area is 466 Å².